The van der Waals surface area contributed by atoms with E-state index in [9.17, 15) is 0 Å². The second kappa shape index (κ2) is 11.5. The molecule has 290 valence electrons. The van der Waals surface area contributed by atoms with Crippen LogP contribution in [0.3, 0.4) is 0 Å². The molecule has 3 unspecified atom stereocenters. The van der Waals surface area contributed by atoms with Gasteiger partial charge >= 0.3 is 0 Å². The van der Waals surface area contributed by atoms with Crippen molar-refractivity contribution in [2.24, 2.45) is 23.2 Å². The second-order valence-corrected chi connectivity index (χ2v) is 20.0. The summed E-state index contributed by atoms with van der Waals surface area (Å²) >= 11 is 1.83. The van der Waals surface area contributed by atoms with Crippen LogP contribution in [0, 0.1) is 23.2 Å². The molecule has 0 amide bonds. The SMILES string of the molecule is c1ccc2c(c1)Oc1ccccc1C21c2ccccc2-c2cc(-c3nc(-c4ccc(C56C[C@H]7CC8C[C@@H](C5)C87C6)cc4)nc(-c4ccc5c(c4)sc4ccccc45)n3)ccc21. The third-order valence-electron chi connectivity index (χ3n) is 16.5. The predicted molar refractivity (Wildman–Crippen MR) is 244 cm³/mol. The number of benzene rings is 7. The van der Waals surface area contributed by atoms with Gasteiger partial charge in [0.1, 0.15) is 11.5 Å². The quantitative estimate of drug-likeness (QED) is 0.178. The number of thiophene rings is 1. The smallest absolute Gasteiger partial charge is 0.164 e. The molecular formula is C56H39N3OS. The topological polar surface area (TPSA) is 47.9 Å². The van der Waals surface area contributed by atoms with Crippen molar-refractivity contribution in [3.63, 3.8) is 0 Å². The van der Waals surface area contributed by atoms with E-state index in [0.29, 0.717) is 28.3 Å². The van der Waals surface area contributed by atoms with Crippen LogP contribution in [0.5, 0.6) is 11.5 Å². The van der Waals surface area contributed by atoms with Crippen molar-refractivity contribution in [3.8, 4) is 56.8 Å². The molecule has 15 rings (SSSR count). The molecule has 2 aromatic heterocycles. The van der Waals surface area contributed by atoms with Crippen LogP contribution in [-0.4, -0.2) is 15.0 Å². The molecule has 0 saturated heterocycles. The number of ether oxygens (including phenoxy) is 1. The van der Waals surface area contributed by atoms with E-state index < -0.39 is 5.41 Å². The van der Waals surface area contributed by atoms with Gasteiger partial charge in [0.15, 0.2) is 17.5 Å². The van der Waals surface area contributed by atoms with Gasteiger partial charge in [-0.05, 0) is 119 Å². The van der Waals surface area contributed by atoms with Gasteiger partial charge in [-0.15, -0.1) is 11.3 Å². The highest BCUT2D eigenvalue weighted by Gasteiger charge is 2.77. The number of aromatic nitrogens is 3. The Morgan fingerprint density at radius 3 is 1.77 bits per heavy atom. The summed E-state index contributed by atoms with van der Waals surface area (Å²) < 4.78 is 9.11. The van der Waals surface area contributed by atoms with Crippen molar-refractivity contribution in [2.45, 2.75) is 42.9 Å². The second-order valence-electron chi connectivity index (χ2n) is 18.9. The molecule has 5 heteroatoms. The van der Waals surface area contributed by atoms with Crippen LogP contribution < -0.4 is 4.74 Å². The van der Waals surface area contributed by atoms with Gasteiger partial charge in [-0.1, -0.05) is 127 Å². The molecule has 0 N–H and O–H groups in total. The Bertz CT molecular complexity index is 3320. The Morgan fingerprint density at radius 1 is 0.475 bits per heavy atom. The molecule has 4 nitrogen and oxygen atoms in total. The zero-order valence-electron chi connectivity index (χ0n) is 33.4. The van der Waals surface area contributed by atoms with Gasteiger partial charge in [0.05, 0.1) is 5.41 Å². The Morgan fingerprint density at radius 2 is 1.05 bits per heavy atom. The lowest BCUT2D eigenvalue weighted by Gasteiger charge is -2.66. The van der Waals surface area contributed by atoms with E-state index >= 15 is 0 Å². The molecule has 5 atom stereocenters. The number of nitrogens with zero attached hydrogens (tertiary/aromatic N) is 3. The molecule has 61 heavy (non-hydrogen) atoms. The van der Waals surface area contributed by atoms with Crippen LogP contribution in [0.15, 0.2) is 158 Å². The minimum atomic E-state index is -0.523. The van der Waals surface area contributed by atoms with Gasteiger partial charge in [-0.25, -0.2) is 15.0 Å². The standard InChI is InChI=1S/C56H39N3OS/c1-3-11-43-39(9-1)42-25-33(20-24-44(42)56(43)45-12-4-6-14-47(45)60-48-15-7-5-13-46(48)56)52-57-51(58-53(59-52)34-19-23-41-40-10-2-8-16-49(40)61-50(41)26-34)32-17-21-35(22-18-32)54-29-37-27-36-28-38(30-54)55(36,37)31-54/h1-26,36-38H,27-31H2/t36?,37-,38+,54?,55?. The van der Waals surface area contributed by atoms with E-state index in [2.05, 4.69) is 158 Å². The third-order valence-corrected chi connectivity index (χ3v) is 17.6. The molecule has 2 bridgehead atoms. The molecule has 5 aliphatic carbocycles. The maximum atomic E-state index is 6.58. The average molecular weight is 802 g/mol. The first-order valence-corrected chi connectivity index (χ1v) is 22.8. The van der Waals surface area contributed by atoms with Gasteiger partial charge in [0.25, 0.3) is 0 Å². The monoisotopic (exact) mass is 801 g/mol. The summed E-state index contributed by atoms with van der Waals surface area (Å²) in [6.07, 6.45) is 7.13. The number of para-hydroxylation sites is 2. The van der Waals surface area contributed by atoms with Gasteiger partial charge in [-0.2, -0.15) is 0 Å². The molecule has 1 aliphatic heterocycles. The summed E-state index contributed by atoms with van der Waals surface area (Å²) in [5.41, 5.74) is 12.3. The number of fused-ring (bicyclic) bond motifs is 13. The fourth-order valence-corrected chi connectivity index (χ4v) is 15.2. The van der Waals surface area contributed by atoms with Crippen molar-refractivity contribution in [1.29, 1.82) is 0 Å². The van der Waals surface area contributed by atoms with Crippen molar-refractivity contribution < 1.29 is 4.74 Å². The summed E-state index contributed by atoms with van der Waals surface area (Å²) in [6, 6.07) is 57.6. The summed E-state index contributed by atoms with van der Waals surface area (Å²) in [6.45, 7) is 0. The molecule has 2 spiro atoms. The van der Waals surface area contributed by atoms with Crippen LogP contribution in [0.2, 0.25) is 0 Å². The first-order chi connectivity index (χ1) is 30.1. The summed E-state index contributed by atoms with van der Waals surface area (Å²) in [5.74, 6) is 6.80. The van der Waals surface area contributed by atoms with Crippen LogP contribution in [0.4, 0.5) is 0 Å². The van der Waals surface area contributed by atoms with Gasteiger partial charge < -0.3 is 4.74 Å². The highest BCUT2D eigenvalue weighted by atomic mass is 32.1. The summed E-state index contributed by atoms with van der Waals surface area (Å²) in [7, 11) is 0. The number of hydrogen-bond donors (Lipinski definition) is 0. The zero-order valence-corrected chi connectivity index (χ0v) is 34.3. The number of hydrogen-bond acceptors (Lipinski definition) is 5. The average Bonchev–Trinajstić information content (AvgIpc) is 4.02. The molecule has 9 aromatic rings. The van der Waals surface area contributed by atoms with E-state index in [1.54, 1.807) is 0 Å². The Labute approximate surface area is 358 Å². The van der Waals surface area contributed by atoms with E-state index in [4.69, 9.17) is 19.7 Å². The Balaban J connectivity index is 0.902. The molecule has 4 saturated carbocycles. The first kappa shape index (κ1) is 33.3. The van der Waals surface area contributed by atoms with Crippen molar-refractivity contribution in [3.05, 3.63) is 186 Å². The van der Waals surface area contributed by atoms with Crippen molar-refractivity contribution in [1.82, 2.24) is 15.0 Å². The highest BCUT2D eigenvalue weighted by Crippen LogP contribution is 2.84. The summed E-state index contributed by atoms with van der Waals surface area (Å²) in [5, 5.41) is 2.56. The fraction of sp³-hybridized carbons (Fsp3) is 0.196. The Kier molecular flexibility index (Phi) is 6.27. The van der Waals surface area contributed by atoms with Gasteiger partial charge in [-0.3, -0.25) is 0 Å². The lowest BCUT2D eigenvalue weighted by molar-refractivity contribution is -0.175. The first-order valence-electron chi connectivity index (χ1n) is 22.0. The lowest BCUT2D eigenvalue weighted by Crippen LogP contribution is -2.59. The molecule has 3 heterocycles. The largest absolute Gasteiger partial charge is 0.457 e. The fourth-order valence-electron chi connectivity index (χ4n) is 14.0. The third kappa shape index (κ3) is 4.14. The van der Waals surface area contributed by atoms with Crippen molar-refractivity contribution >= 4 is 31.5 Å². The lowest BCUT2D eigenvalue weighted by atomic mass is 9.38. The van der Waals surface area contributed by atoms with Crippen LogP contribution in [-0.2, 0) is 10.8 Å². The van der Waals surface area contributed by atoms with E-state index in [1.165, 1.54) is 80.1 Å². The molecular weight excluding hydrogens is 763 g/mol. The van der Waals surface area contributed by atoms with Gasteiger partial charge in [0.2, 0.25) is 0 Å². The van der Waals surface area contributed by atoms with E-state index in [0.717, 1.165) is 57.1 Å². The van der Waals surface area contributed by atoms with Gasteiger partial charge in [0, 0.05) is 48.0 Å². The highest BCUT2D eigenvalue weighted by molar-refractivity contribution is 7.25. The molecule has 7 aromatic carbocycles. The van der Waals surface area contributed by atoms with Crippen molar-refractivity contribution in [2.75, 3.05) is 0 Å². The van der Waals surface area contributed by atoms with Crippen LogP contribution in [0.1, 0.15) is 59.9 Å². The predicted octanol–water partition coefficient (Wildman–Crippen LogP) is 13.8. The molecule has 4 fully saturated rings. The number of rotatable bonds is 4. The van der Waals surface area contributed by atoms with Crippen LogP contribution in [0.25, 0.3) is 65.5 Å². The Hall–Kier alpha value is -6.43. The van der Waals surface area contributed by atoms with E-state index in [1.807, 2.05) is 11.3 Å². The minimum absolute atomic E-state index is 0.359. The minimum Gasteiger partial charge on any atom is -0.457 e. The zero-order chi connectivity index (χ0) is 39.7. The van der Waals surface area contributed by atoms with Crippen LogP contribution >= 0.6 is 11.3 Å². The maximum absolute atomic E-state index is 6.58. The summed E-state index contributed by atoms with van der Waals surface area (Å²) in [4.78, 5) is 15.9. The normalized spacial score (nSPS) is 25.0. The molecule has 6 aliphatic rings. The molecule has 0 radical (unpaired) electrons. The maximum Gasteiger partial charge on any atom is 0.164 e. The van der Waals surface area contributed by atoms with E-state index in [-0.39, 0.29) is 0 Å².